The molecule has 1 saturated carbocycles. The maximum atomic E-state index is 6.72. The Hall–Kier alpha value is 0.402. The van der Waals surface area contributed by atoms with Gasteiger partial charge in [0, 0.05) is 12.0 Å². The van der Waals surface area contributed by atoms with Crippen molar-refractivity contribution in [2.75, 3.05) is 0 Å². The minimum absolute atomic E-state index is 0. The van der Waals surface area contributed by atoms with Gasteiger partial charge in [-0.15, -0.1) is 21.7 Å². The van der Waals surface area contributed by atoms with Crippen LogP contribution in [-0.4, -0.2) is 12.5 Å². The molecule has 0 aromatic heterocycles. The van der Waals surface area contributed by atoms with Gasteiger partial charge in [-0.1, -0.05) is 88.6 Å². The smallest absolute Gasteiger partial charge is 0.574 e. The molecule has 1 rings (SSSR count). The van der Waals surface area contributed by atoms with Crippen LogP contribution in [0.1, 0.15) is 99.8 Å². The van der Waals surface area contributed by atoms with Crippen LogP contribution in [0.3, 0.4) is 0 Å². The molecule has 1 atom stereocenters. The Kier molecular flexibility index (Phi) is 13.0. The third-order valence-electron chi connectivity index (χ3n) is 6.39. The van der Waals surface area contributed by atoms with E-state index in [1.807, 2.05) is 0 Å². The summed E-state index contributed by atoms with van der Waals surface area (Å²) in [5.41, 5.74) is 0. The fourth-order valence-electron chi connectivity index (χ4n) is 3.85. The summed E-state index contributed by atoms with van der Waals surface area (Å²) in [6.45, 7) is 15.8. The first-order valence-electron chi connectivity index (χ1n) is 10.9. The minimum atomic E-state index is -1.43. The minimum Gasteiger partial charge on any atom is -0.574 e. The fourth-order valence-corrected chi connectivity index (χ4v) is 4.90. The van der Waals surface area contributed by atoms with Crippen molar-refractivity contribution in [3.8, 4) is 11.7 Å². The second kappa shape index (κ2) is 12.9. The van der Waals surface area contributed by atoms with E-state index in [1.165, 1.54) is 49.3 Å². The van der Waals surface area contributed by atoms with E-state index in [0.717, 1.165) is 6.42 Å². The standard InChI is InChI=1S/C23H41BBrO.Li/c1-8-9-11-16-22(25)24(26-20(4)5,23(6,7)19(2)3)18-17-21-14-12-10-13-15-21;/h16,19-21H,8-15H2,1-7H3;/q-1;+1/b22-16-;. The van der Waals surface area contributed by atoms with Crippen molar-refractivity contribution < 1.29 is 23.5 Å². The van der Waals surface area contributed by atoms with Gasteiger partial charge in [0.1, 0.15) is 0 Å². The Morgan fingerprint density at radius 3 is 2.26 bits per heavy atom. The zero-order chi connectivity index (χ0) is 19.8. The molecule has 1 unspecified atom stereocenters. The third-order valence-corrected chi connectivity index (χ3v) is 7.36. The molecule has 150 valence electrons. The van der Waals surface area contributed by atoms with E-state index in [9.17, 15) is 0 Å². The summed E-state index contributed by atoms with van der Waals surface area (Å²) in [4.78, 5) is 0. The first kappa shape index (κ1) is 27.4. The molecule has 4 heteroatoms. The zero-order valence-electron chi connectivity index (χ0n) is 19.3. The fraction of sp³-hybridized carbons (Fsp3) is 0.826. The topological polar surface area (TPSA) is 9.23 Å². The predicted molar refractivity (Wildman–Crippen MR) is 122 cm³/mol. The molecule has 27 heavy (non-hydrogen) atoms. The van der Waals surface area contributed by atoms with Crippen LogP contribution < -0.4 is 18.9 Å². The predicted octanol–water partition coefficient (Wildman–Crippen LogP) is 4.93. The molecule has 0 N–H and O–H groups in total. The normalized spacial score (nSPS) is 18.7. The average Bonchev–Trinajstić information content (AvgIpc) is 2.58. The van der Waals surface area contributed by atoms with Crippen LogP contribution in [0.5, 0.6) is 0 Å². The molecule has 0 amide bonds. The van der Waals surface area contributed by atoms with Gasteiger partial charge in [0.25, 0.3) is 0 Å². The van der Waals surface area contributed by atoms with Gasteiger partial charge in [-0.25, -0.2) is 0 Å². The Balaban J connectivity index is 0.00000676. The third kappa shape index (κ3) is 7.63. The van der Waals surface area contributed by atoms with Crippen molar-refractivity contribution >= 4 is 22.3 Å². The Labute approximate surface area is 190 Å². The van der Waals surface area contributed by atoms with Crippen LogP contribution in [0.4, 0.5) is 0 Å². The van der Waals surface area contributed by atoms with E-state index in [4.69, 9.17) is 4.65 Å². The average molecular weight is 431 g/mol. The van der Waals surface area contributed by atoms with E-state index in [1.54, 1.807) is 0 Å². The molecular weight excluding hydrogens is 390 g/mol. The van der Waals surface area contributed by atoms with Crippen LogP contribution in [0, 0.1) is 23.6 Å². The zero-order valence-corrected chi connectivity index (χ0v) is 20.9. The van der Waals surface area contributed by atoms with Crippen molar-refractivity contribution in [3.63, 3.8) is 0 Å². The summed E-state index contributed by atoms with van der Waals surface area (Å²) < 4.78 is 7.90. The summed E-state index contributed by atoms with van der Waals surface area (Å²) in [5, 5.41) is -0.0342. The summed E-state index contributed by atoms with van der Waals surface area (Å²) in [5.74, 6) is 8.46. The SMILES string of the molecule is CCCC/C=C(\Br)[B-](C#CC1CCCCC1)(OC(C)C)C(C)(C)C(C)C.[Li+]. The van der Waals surface area contributed by atoms with E-state index in [-0.39, 0.29) is 30.3 Å². The first-order valence-corrected chi connectivity index (χ1v) is 11.7. The van der Waals surface area contributed by atoms with Crippen molar-refractivity contribution in [1.29, 1.82) is 0 Å². The van der Waals surface area contributed by atoms with Gasteiger partial charge >= 0.3 is 18.9 Å². The van der Waals surface area contributed by atoms with Gasteiger partial charge < -0.3 is 4.65 Å². The second-order valence-electron chi connectivity index (χ2n) is 9.30. The molecule has 0 aliphatic heterocycles. The van der Waals surface area contributed by atoms with E-state index < -0.39 is 6.35 Å². The number of halogens is 1. The number of hydrogen-bond acceptors (Lipinski definition) is 1. The maximum absolute atomic E-state index is 6.72. The molecule has 0 saturated heterocycles. The number of hydrogen-bond donors (Lipinski definition) is 0. The van der Waals surface area contributed by atoms with Gasteiger partial charge in [0.2, 0.25) is 6.35 Å². The van der Waals surface area contributed by atoms with Crippen LogP contribution in [0.15, 0.2) is 10.5 Å². The van der Waals surface area contributed by atoms with E-state index in [0.29, 0.717) is 11.8 Å². The molecule has 0 aromatic carbocycles. The quantitative estimate of drug-likeness (QED) is 0.301. The largest absolute Gasteiger partial charge is 1.00 e. The first-order chi connectivity index (χ1) is 12.2. The van der Waals surface area contributed by atoms with Crippen LogP contribution >= 0.6 is 15.9 Å². The molecule has 1 fully saturated rings. The molecular formula is C23H41BBrLiO. The summed E-state index contributed by atoms with van der Waals surface area (Å²) in [7, 11) is 0. The molecule has 0 heterocycles. The Morgan fingerprint density at radius 2 is 1.78 bits per heavy atom. The molecule has 0 aromatic rings. The van der Waals surface area contributed by atoms with Crippen LogP contribution in [0.2, 0.25) is 5.31 Å². The van der Waals surface area contributed by atoms with Gasteiger partial charge in [-0.05, 0) is 33.1 Å². The number of rotatable bonds is 8. The van der Waals surface area contributed by atoms with E-state index >= 15 is 0 Å². The summed E-state index contributed by atoms with van der Waals surface area (Å²) >= 11 is 3.95. The Bertz CT molecular complexity index is 512. The second-order valence-corrected chi connectivity index (χ2v) is 10.2. The van der Waals surface area contributed by atoms with Gasteiger partial charge in [-0.3, -0.25) is 5.82 Å². The molecule has 0 spiro atoms. The van der Waals surface area contributed by atoms with Crippen molar-refractivity contribution in [3.05, 3.63) is 10.5 Å². The van der Waals surface area contributed by atoms with Crippen molar-refractivity contribution in [1.82, 2.24) is 0 Å². The maximum Gasteiger partial charge on any atom is 1.00 e. The molecule has 1 nitrogen and oxygen atoms in total. The summed E-state index contributed by atoms with van der Waals surface area (Å²) in [6, 6.07) is 0. The monoisotopic (exact) mass is 430 g/mol. The van der Waals surface area contributed by atoms with Crippen LogP contribution in [0.25, 0.3) is 0 Å². The summed E-state index contributed by atoms with van der Waals surface area (Å²) in [6.07, 6.45) is 11.1. The molecule has 1 aliphatic carbocycles. The number of allylic oxidation sites excluding steroid dienone is 1. The number of unbranched alkanes of at least 4 members (excludes halogenated alkanes) is 2. The molecule has 0 radical (unpaired) electrons. The van der Waals surface area contributed by atoms with Crippen molar-refractivity contribution in [2.45, 2.75) is 111 Å². The van der Waals surface area contributed by atoms with Gasteiger partial charge in [0.05, 0.1) is 0 Å². The van der Waals surface area contributed by atoms with Gasteiger partial charge in [-0.2, -0.15) is 0 Å². The van der Waals surface area contributed by atoms with Crippen molar-refractivity contribution in [2.24, 2.45) is 11.8 Å². The van der Waals surface area contributed by atoms with Gasteiger partial charge in [0.15, 0.2) is 0 Å². The van der Waals surface area contributed by atoms with E-state index in [2.05, 4.69) is 82.2 Å². The molecule has 1 aliphatic rings. The molecule has 0 bridgehead atoms. The Morgan fingerprint density at radius 1 is 1.19 bits per heavy atom. The van der Waals surface area contributed by atoms with Crippen LogP contribution in [-0.2, 0) is 4.65 Å².